The van der Waals surface area contributed by atoms with Crippen molar-refractivity contribution in [3.63, 3.8) is 0 Å². The molecule has 1 heterocycles. The third kappa shape index (κ3) is 6.28. The second-order valence-electron chi connectivity index (χ2n) is 7.34. The van der Waals surface area contributed by atoms with Crippen molar-refractivity contribution in [2.24, 2.45) is 0 Å². The lowest BCUT2D eigenvalue weighted by Gasteiger charge is -2.25. The molecule has 1 aliphatic rings. The van der Waals surface area contributed by atoms with Crippen LogP contribution in [0.25, 0.3) is 0 Å². The smallest absolute Gasteiger partial charge is 0.234 e. The van der Waals surface area contributed by atoms with Crippen LogP contribution < -0.4 is 24.3 Å². The average Bonchev–Trinajstić information content (AvgIpc) is 3.25. The summed E-state index contributed by atoms with van der Waals surface area (Å²) in [6, 6.07) is 13.5. The van der Waals surface area contributed by atoms with Crippen molar-refractivity contribution in [2.75, 3.05) is 47.1 Å². The number of carbonyl (C=O) groups excluding carboxylic acids is 1. The van der Waals surface area contributed by atoms with Crippen molar-refractivity contribution < 1.29 is 23.7 Å². The van der Waals surface area contributed by atoms with Gasteiger partial charge in [0.25, 0.3) is 0 Å². The molecule has 0 unspecified atom stereocenters. The highest BCUT2D eigenvalue weighted by molar-refractivity contribution is 5.78. The number of hydrogen-bond donors (Lipinski definition) is 1. The van der Waals surface area contributed by atoms with Gasteiger partial charge in [0.05, 0.1) is 33.9 Å². The first-order valence-electron chi connectivity index (χ1n) is 10.7. The van der Waals surface area contributed by atoms with E-state index in [0.717, 1.165) is 47.9 Å². The maximum atomic E-state index is 12.5. The largest absolute Gasteiger partial charge is 0.497 e. The number of amides is 1. The minimum atomic E-state index is -0.00493. The molecule has 0 radical (unpaired) electrons. The summed E-state index contributed by atoms with van der Waals surface area (Å²) in [7, 11) is 3.30. The Kier molecular flexibility index (Phi) is 8.41. The van der Waals surface area contributed by atoms with E-state index in [4.69, 9.17) is 18.9 Å². The van der Waals surface area contributed by atoms with Crippen molar-refractivity contribution in [1.82, 2.24) is 10.2 Å². The molecule has 0 spiro atoms. The fourth-order valence-corrected chi connectivity index (χ4v) is 3.86. The van der Waals surface area contributed by atoms with Crippen LogP contribution in [0.5, 0.6) is 23.0 Å². The first-order chi connectivity index (χ1) is 15.1. The fraction of sp³-hybridized carbons (Fsp3) is 0.458. The van der Waals surface area contributed by atoms with E-state index in [1.165, 1.54) is 0 Å². The lowest BCUT2D eigenvalue weighted by atomic mass is 10.0. The van der Waals surface area contributed by atoms with Gasteiger partial charge in [0.1, 0.15) is 29.6 Å². The van der Waals surface area contributed by atoms with Crippen LogP contribution in [0, 0.1) is 0 Å². The van der Waals surface area contributed by atoms with Crippen LogP contribution in [0.15, 0.2) is 42.5 Å². The zero-order valence-electron chi connectivity index (χ0n) is 18.6. The van der Waals surface area contributed by atoms with Gasteiger partial charge in [-0.3, -0.25) is 9.69 Å². The molecular weight excluding hydrogens is 396 g/mol. The zero-order chi connectivity index (χ0) is 22.1. The van der Waals surface area contributed by atoms with E-state index in [9.17, 15) is 4.79 Å². The summed E-state index contributed by atoms with van der Waals surface area (Å²) in [5.41, 5.74) is 1.09. The number of benzene rings is 2. The Balaban J connectivity index is 1.46. The Labute approximate surface area is 184 Å². The van der Waals surface area contributed by atoms with Crippen molar-refractivity contribution in [1.29, 1.82) is 0 Å². The molecule has 7 heteroatoms. The molecule has 7 nitrogen and oxygen atoms in total. The van der Waals surface area contributed by atoms with E-state index in [1.807, 2.05) is 49.4 Å². The molecule has 3 rings (SSSR count). The zero-order valence-corrected chi connectivity index (χ0v) is 18.6. The highest BCUT2D eigenvalue weighted by Crippen LogP contribution is 2.38. The van der Waals surface area contributed by atoms with E-state index < -0.39 is 0 Å². The van der Waals surface area contributed by atoms with Crippen LogP contribution in [0.1, 0.15) is 31.4 Å². The predicted octanol–water partition coefficient (Wildman–Crippen LogP) is 3.43. The standard InChI is InChI=1S/C24H32N2O5/c1-4-30-18-7-9-19(10-8-18)31-15-13-25-24(27)17-26-14-5-6-22(26)21-12-11-20(28-2)16-23(21)29-3/h7-12,16,22H,4-6,13-15,17H2,1-3H3,(H,25,27)/t22-/m0/s1. The number of rotatable bonds is 11. The van der Waals surface area contributed by atoms with Gasteiger partial charge >= 0.3 is 0 Å². The van der Waals surface area contributed by atoms with Gasteiger partial charge in [-0.25, -0.2) is 0 Å². The van der Waals surface area contributed by atoms with Crippen LogP contribution >= 0.6 is 0 Å². The Hall–Kier alpha value is -2.93. The minimum absolute atomic E-state index is 0.00493. The van der Waals surface area contributed by atoms with Crippen molar-refractivity contribution >= 4 is 5.91 Å². The lowest BCUT2D eigenvalue weighted by Crippen LogP contribution is -2.38. The van der Waals surface area contributed by atoms with Gasteiger partial charge in [0.2, 0.25) is 5.91 Å². The van der Waals surface area contributed by atoms with E-state index >= 15 is 0 Å². The maximum absolute atomic E-state index is 12.5. The van der Waals surface area contributed by atoms with Crippen molar-refractivity contribution in [2.45, 2.75) is 25.8 Å². The molecule has 1 aliphatic heterocycles. The van der Waals surface area contributed by atoms with E-state index in [2.05, 4.69) is 10.2 Å². The fourth-order valence-electron chi connectivity index (χ4n) is 3.86. The predicted molar refractivity (Wildman–Crippen MR) is 119 cm³/mol. The average molecular weight is 429 g/mol. The Morgan fingerprint density at radius 2 is 1.74 bits per heavy atom. The molecule has 31 heavy (non-hydrogen) atoms. The van der Waals surface area contributed by atoms with Gasteiger partial charge in [-0.2, -0.15) is 0 Å². The summed E-state index contributed by atoms with van der Waals surface area (Å²) in [6.45, 7) is 4.69. The quantitative estimate of drug-likeness (QED) is 0.553. The molecule has 2 aromatic carbocycles. The Bertz CT molecular complexity index is 840. The normalized spacial score (nSPS) is 16.0. The number of nitrogens with one attached hydrogen (secondary N) is 1. The third-order valence-electron chi connectivity index (χ3n) is 5.34. The number of ether oxygens (including phenoxy) is 4. The van der Waals surface area contributed by atoms with Gasteiger partial charge in [0.15, 0.2) is 0 Å². The minimum Gasteiger partial charge on any atom is -0.497 e. The monoisotopic (exact) mass is 428 g/mol. The van der Waals surface area contributed by atoms with Gasteiger partial charge in [-0.05, 0) is 56.6 Å². The number of methoxy groups -OCH3 is 2. The van der Waals surface area contributed by atoms with Crippen LogP contribution in [0.3, 0.4) is 0 Å². The van der Waals surface area contributed by atoms with Gasteiger partial charge in [0, 0.05) is 17.7 Å². The highest BCUT2D eigenvalue weighted by Gasteiger charge is 2.29. The second-order valence-corrected chi connectivity index (χ2v) is 7.34. The van der Waals surface area contributed by atoms with Gasteiger partial charge in [-0.15, -0.1) is 0 Å². The molecule has 2 aromatic rings. The topological polar surface area (TPSA) is 69.3 Å². The van der Waals surface area contributed by atoms with E-state index in [0.29, 0.717) is 26.3 Å². The Morgan fingerprint density at radius 3 is 2.42 bits per heavy atom. The maximum Gasteiger partial charge on any atom is 0.234 e. The molecule has 0 aliphatic carbocycles. The number of carbonyl (C=O) groups is 1. The molecule has 1 amide bonds. The molecule has 0 bridgehead atoms. The summed E-state index contributed by atoms with van der Waals surface area (Å²) >= 11 is 0. The number of nitrogens with zero attached hydrogens (tertiary/aromatic N) is 1. The molecule has 168 valence electrons. The summed E-state index contributed by atoms with van der Waals surface area (Å²) < 4.78 is 22.0. The van der Waals surface area contributed by atoms with Gasteiger partial charge in [-0.1, -0.05) is 6.07 Å². The van der Waals surface area contributed by atoms with E-state index in [1.54, 1.807) is 14.2 Å². The van der Waals surface area contributed by atoms with Gasteiger partial charge < -0.3 is 24.3 Å². The third-order valence-corrected chi connectivity index (χ3v) is 5.34. The molecule has 1 saturated heterocycles. The van der Waals surface area contributed by atoms with Crippen molar-refractivity contribution in [3.05, 3.63) is 48.0 Å². The molecule has 1 atom stereocenters. The van der Waals surface area contributed by atoms with E-state index in [-0.39, 0.29) is 11.9 Å². The van der Waals surface area contributed by atoms with Crippen LogP contribution in [0.2, 0.25) is 0 Å². The Morgan fingerprint density at radius 1 is 1.03 bits per heavy atom. The first-order valence-corrected chi connectivity index (χ1v) is 10.7. The first kappa shape index (κ1) is 22.7. The molecular formula is C24H32N2O5. The molecule has 1 fully saturated rings. The SMILES string of the molecule is CCOc1ccc(OCCNC(=O)CN2CCC[C@H]2c2ccc(OC)cc2OC)cc1. The highest BCUT2D eigenvalue weighted by atomic mass is 16.5. The number of likely N-dealkylation sites (tertiary alicyclic amines) is 1. The second kappa shape index (κ2) is 11.5. The summed E-state index contributed by atoms with van der Waals surface area (Å²) in [4.78, 5) is 14.7. The molecule has 1 N–H and O–H groups in total. The summed E-state index contributed by atoms with van der Waals surface area (Å²) in [6.07, 6.45) is 2.05. The van der Waals surface area contributed by atoms with Crippen LogP contribution in [-0.4, -0.2) is 57.9 Å². The molecule has 0 aromatic heterocycles. The summed E-state index contributed by atoms with van der Waals surface area (Å²) in [5.74, 6) is 3.12. The van der Waals surface area contributed by atoms with Crippen molar-refractivity contribution in [3.8, 4) is 23.0 Å². The number of hydrogen-bond acceptors (Lipinski definition) is 6. The van der Waals surface area contributed by atoms with Crippen LogP contribution in [0.4, 0.5) is 0 Å². The van der Waals surface area contributed by atoms with Crippen LogP contribution in [-0.2, 0) is 4.79 Å². The lowest BCUT2D eigenvalue weighted by molar-refractivity contribution is -0.122. The molecule has 0 saturated carbocycles. The summed E-state index contributed by atoms with van der Waals surface area (Å²) in [5, 5.41) is 2.95.